The Morgan fingerprint density at radius 1 is 1.14 bits per heavy atom. The molecule has 22 heavy (non-hydrogen) atoms. The summed E-state index contributed by atoms with van der Waals surface area (Å²) in [6.07, 6.45) is 0.323. The van der Waals surface area contributed by atoms with Gasteiger partial charge in [-0.2, -0.15) is 5.10 Å². The highest BCUT2D eigenvalue weighted by Gasteiger charge is 2.06. The second-order valence-corrected chi connectivity index (χ2v) is 5.78. The van der Waals surface area contributed by atoms with Gasteiger partial charge >= 0.3 is 0 Å². The van der Waals surface area contributed by atoms with Crippen LogP contribution in [-0.2, 0) is 11.2 Å². The molecule has 114 valence electrons. The highest BCUT2D eigenvalue weighted by Crippen LogP contribution is 2.12. The maximum absolute atomic E-state index is 12.0. The topological polar surface area (TPSA) is 41.5 Å². The van der Waals surface area contributed by atoms with Crippen LogP contribution in [0, 0.1) is 13.8 Å². The maximum Gasteiger partial charge on any atom is 0.244 e. The Labute approximate surface area is 136 Å². The third-order valence-electron chi connectivity index (χ3n) is 3.46. The SMILES string of the molecule is C/C(=N\NC(=O)Cc1ccc(C)cc1C)c1ccc(Cl)cc1. The molecule has 0 aliphatic heterocycles. The van der Waals surface area contributed by atoms with Crippen molar-refractivity contribution in [3.63, 3.8) is 0 Å². The van der Waals surface area contributed by atoms with Gasteiger partial charge in [0.25, 0.3) is 0 Å². The molecule has 0 aromatic heterocycles. The Morgan fingerprint density at radius 3 is 2.45 bits per heavy atom. The first-order chi connectivity index (χ1) is 10.5. The molecule has 1 N–H and O–H groups in total. The van der Waals surface area contributed by atoms with Crippen LogP contribution >= 0.6 is 11.6 Å². The van der Waals surface area contributed by atoms with E-state index in [1.807, 2.05) is 45.0 Å². The summed E-state index contributed by atoms with van der Waals surface area (Å²) in [5.41, 5.74) is 7.60. The first-order valence-electron chi connectivity index (χ1n) is 7.11. The zero-order valence-corrected chi connectivity index (χ0v) is 13.7. The van der Waals surface area contributed by atoms with Gasteiger partial charge in [-0.25, -0.2) is 5.43 Å². The van der Waals surface area contributed by atoms with Crippen molar-refractivity contribution in [2.75, 3.05) is 0 Å². The van der Waals surface area contributed by atoms with Gasteiger partial charge in [-0.3, -0.25) is 4.79 Å². The zero-order valence-electron chi connectivity index (χ0n) is 13.0. The van der Waals surface area contributed by atoms with Crippen molar-refractivity contribution < 1.29 is 4.79 Å². The number of carbonyl (C=O) groups excluding carboxylic acids is 1. The van der Waals surface area contributed by atoms with E-state index >= 15 is 0 Å². The summed E-state index contributed by atoms with van der Waals surface area (Å²) >= 11 is 5.85. The molecule has 2 rings (SSSR count). The predicted octanol–water partition coefficient (Wildman–Crippen LogP) is 4.04. The van der Waals surface area contributed by atoms with Crippen LogP contribution in [0.5, 0.6) is 0 Å². The van der Waals surface area contributed by atoms with Crippen molar-refractivity contribution in [3.05, 3.63) is 69.7 Å². The number of hydrazone groups is 1. The lowest BCUT2D eigenvalue weighted by molar-refractivity contribution is -0.120. The van der Waals surface area contributed by atoms with Crippen LogP contribution in [0.4, 0.5) is 0 Å². The molecule has 0 fully saturated rings. The Hall–Kier alpha value is -2.13. The molecule has 0 saturated heterocycles. The minimum absolute atomic E-state index is 0.125. The zero-order chi connectivity index (χ0) is 16.1. The minimum atomic E-state index is -0.125. The molecule has 0 radical (unpaired) electrons. The van der Waals surface area contributed by atoms with Gasteiger partial charge in [0.1, 0.15) is 0 Å². The first-order valence-corrected chi connectivity index (χ1v) is 7.48. The number of amides is 1. The number of aryl methyl sites for hydroxylation is 2. The number of hydrogen-bond acceptors (Lipinski definition) is 2. The molecule has 0 aliphatic rings. The first kappa shape index (κ1) is 16.2. The number of benzene rings is 2. The average Bonchev–Trinajstić information content (AvgIpc) is 2.48. The van der Waals surface area contributed by atoms with Crippen molar-refractivity contribution in [1.29, 1.82) is 0 Å². The van der Waals surface area contributed by atoms with E-state index < -0.39 is 0 Å². The summed E-state index contributed by atoms with van der Waals surface area (Å²) in [5, 5.41) is 4.82. The van der Waals surface area contributed by atoms with Gasteiger partial charge in [0.2, 0.25) is 5.91 Å². The van der Waals surface area contributed by atoms with E-state index in [1.54, 1.807) is 12.1 Å². The van der Waals surface area contributed by atoms with Gasteiger partial charge in [0.05, 0.1) is 12.1 Å². The molecule has 2 aromatic carbocycles. The highest BCUT2D eigenvalue weighted by molar-refractivity contribution is 6.30. The van der Waals surface area contributed by atoms with Crippen LogP contribution in [0.1, 0.15) is 29.2 Å². The largest absolute Gasteiger partial charge is 0.273 e. The van der Waals surface area contributed by atoms with E-state index in [2.05, 4.69) is 16.6 Å². The molecule has 3 nitrogen and oxygen atoms in total. The fourth-order valence-electron chi connectivity index (χ4n) is 2.16. The summed E-state index contributed by atoms with van der Waals surface area (Å²) in [5.74, 6) is -0.125. The van der Waals surface area contributed by atoms with Gasteiger partial charge in [-0.05, 0) is 49.6 Å². The Morgan fingerprint density at radius 2 is 1.82 bits per heavy atom. The van der Waals surface area contributed by atoms with E-state index in [1.165, 1.54) is 5.56 Å². The number of halogens is 1. The molecule has 0 bridgehead atoms. The fraction of sp³-hybridized carbons (Fsp3) is 0.222. The molecule has 0 spiro atoms. The summed E-state index contributed by atoms with van der Waals surface area (Å²) in [6.45, 7) is 5.90. The molecule has 4 heteroatoms. The number of nitrogens with one attached hydrogen (secondary N) is 1. The normalized spacial score (nSPS) is 11.4. The van der Waals surface area contributed by atoms with Crippen molar-refractivity contribution in [1.82, 2.24) is 5.43 Å². The van der Waals surface area contributed by atoms with Gasteiger partial charge in [-0.1, -0.05) is 47.5 Å². The third-order valence-corrected chi connectivity index (χ3v) is 3.71. The molecular formula is C18H19ClN2O. The van der Waals surface area contributed by atoms with Crippen LogP contribution in [0.25, 0.3) is 0 Å². The third kappa shape index (κ3) is 4.43. The Bertz CT molecular complexity index is 706. The van der Waals surface area contributed by atoms with Crippen LogP contribution in [-0.4, -0.2) is 11.6 Å². The van der Waals surface area contributed by atoms with Gasteiger partial charge in [0, 0.05) is 5.02 Å². The highest BCUT2D eigenvalue weighted by atomic mass is 35.5. The summed E-state index contributed by atoms with van der Waals surface area (Å²) < 4.78 is 0. The number of hydrogen-bond donors (Lipinski definition) is 1. The second-order valence-electron chi connectivity index (χ2n) is 5.35. The van der Waals surface area contributed by atoms with E-state index in [0.29, 0.717) is 11.4 Å². The number of carbonyl (C=O) groups is 1. The molecule has 2 aromatic rings. The van der Waals surface area contributed by atoms with E-state index in [4.69, 9.17) is 11.6 Å². The lowest BCUT2D eigenvalue weighted by atomic mass is 10.0. The van der Waals surface area contributed by atoms with Crippen LogP contribution in [0.3, 0.4) is 0 Å². The summed E-state index contributed by atoms with van der Waals surface area (Å²) in [7, 11) is 0. The quantitative estimate of drug-likeness (QED) is 0.671. The Balaban J connectivity index is 1.99. The molecular weight excluding hydrogens is 296 g/mol. The molecule has 0 unspecified atom stereocenters. The molecule has 1 amide bonds. The number of nitrogens with zero attached hydrogens (tertiary/aromatic N) is 1. The molecule has 0 saturated carbocycles. The van der Waals surface area contributed by atoms with Crippen molar-refractivity contribution in [2.24, 2.45) is 5.10 Å². The van der Waals surface area contributed by atoms with Gasteiger partial charge in [0.15, 0.2) is 0 Å². The lowest BCUT2D eigenvalue weighted by Crippen LogP contribution is -2.21. The minimum Gasteiger partial charge on any atom is -0.273 e. The van der Waals surface area contributed by atoms with Gasteiger partial charge < -0.3 is 0 Å². The Kier molecular flexibility index (Phi) is 5.34. The average molecular weight is 315 g/mol. The summed E-state index contributed by atoms with van der Waals surface area (Å²) in [6, 6.07) is 13.4. The van der Waals surface area contributed by atoms with Crippen LogP contribution < -0.4 is 5.43 Å². The van der Waals surface area contributed by atoms with Crippen LogP contribution in [0.15, 0.2) is 47.6 Å². The summed E-state index contributed by atoms with van der Waals surface area (Å²) in [4.78, 5) is 12.0. The van der Waals surface area contributed by atoms with E-state index in [-0.39, 0.29) is 5.91 Å². The molecule has 0 heterocycles. The lowest BCUT2D eigenvalue weighted by Gasteiger charge is -2.07. The van der Waals surface area contributed by atoms with E-state index in [9.17, 15) is 4.79 Å². The predicted molar refractivity (Wildman–Crippen MR) is 91.4 cm³/mol. The van der Waals surface area contributed by atoms with Crippen molar-refractivity contribution in [3.8, 4) is 0 Å². The standard InChI is InChI=1S/C18H19ClN2O/c1-12-4-5-16(13(2)10-12)11-18(22)21-20-14(3)15-6-8-17(19)9-7-15/h4-10H,11H2,1-3H3,(H,21,22)/b20-14+. The number of rotatable bonds is 4. The maximum atomic E-state index is 12.0. The monoisotopic (exact) mass is 314 g/mol. The van der Waals surface area contributed by atoms with Crippen molar-refractivity contribution in [2.45, 2.75) is 27.2 Å². The van der Waals surface area contributed by atoms with E-state index in [0.717, 1.165) is 22.4 Å². The van der Waals surface area contributed by atoms with Crippen LogP contribution in [0.2, 0.25) is 5.02 Å². The van der Waals surface area contributed by atoms with Crippen molar-refractivity contribution >= 4 is 23.2 Å². The smallest absolute Gasteiger partial charge is 0.244 e. The second kappa shape index (κ2) is 7.23. The molecule has 0 atom stereocenters. The van der Waals surface area contributed by atoms with Gasteiger partial charge in [-0.15, -0.1) is 0 Å². The molecule has 0 aliphatic carbocycles. The fourth-order valence-corrected chi connectivity index (χ4v) is 2.28.